The molecule has 1 fully saturated rings. The fourth-order valence-corrected chi connectivity index (χ4v) is 2.24. The predicted molar refractivity (Wildman–Crippen MR) is 58.7 cm³/mol. The standard InChI is InChI=1S/C13H16O2/c14-12-8-4-7-11(12)9-13(15)10-5-2-1-3-6-10/h1-3,5-6,11-12,14H,4,7-9H2/t11-,12+/m1/s1. The van der Waals surface area contributed by atoms with Crippen molar-refractivity contribution in [2.45, 2.75) is 31.8 Å². The number of aliphatic hydroxyl groups excluding tert-OH is 1. The highest BCUT2D eigenvalue weighted by molar-refractivity contribution is 5.96. The van der Waals surface area contributed by atoms with Crippen molar-refractivity contribution in [3.05, 3.63) is 35.9 Å². The van der Waals surface area contributed by atoms with Gasteiger partial charge in [-0.05, 0) is 18.8 Å². The number of benzene rings is 1. The monoisotopic (exact) mass is 204 g/mol. The van der Waals surface area contributed by atoms with Gasteiger partial charge in [0.05, 0.1) is 6.10 Å². The molecule has 0 amide bonds. The zero-order valence-corrected chi connectivity index (χ0v) is 8.73. The van der Waals surface area contributed by atoms with Gasteiger partial charge in [-0.3, -0.25) is 4.79 Å². The lowest BCUT2D eigenvalue weighted by Gasteiger charge is -2.12. The van der Waals surface area contributed by atoms with E-state index < -0.39 is 0 Å². The molecule has 80 valence electrons. The number of hydrogen-bond acceptors (Lipinski definition) is 2. The Morgan fingerprint density at radius 3 is 2.60 bits per heavy atom. The molecular formula is C13H16O2. The zero-order chi connectivity index (χ0) is 10.7. The molecule has 0 bridgehead atoms. The number of carbonyl (C=O) groups is 1. The summed E-state index contributed by atoms with van der Waals surface area (Å²) < 4.78 is 0. The van der Waals surface area contributed by atoms with Gasteiger partial charge in [0.2, 0.25) is 0 Å². The Labute approximate surface area is 89.9 Å². The van der Waals surface area contributed by atoms with Gasteiger partial charge in [-0.15, -0.1) is 0 Å². The summed E-state index contributed by atoms with van der Waals surface area (Å²) in [6.45, 7) is 0. The van der Waals surface area contributed by atoms with Crippen molar-refractivity contribution in [1.29, 1.82) is 0 Å². The van der Waals surface area contributed by atoms with Crippen LogP contribution in [0, 0.1) is 5.92 Å². The van der Waals surface area contributed by atoms with E-state index >= 15 is 0 Å². The largest absolute Gasteiger partial charge is 0.393 e. The van der Waals surface area contributed by atoms with E-state index in [0.29, 0.717) is 6.42 Å². The molecule has 1 aromatic rings. The molecule has 1 N–H and O–H groups in total. The molecule has 2 rings (SSSR count). The number of rotatable bonds is 3. The number of aliphatic hydroxyl groups is 1. The first kappa shape index (κ1) is 10.4. The van der Waals surface area contributed by atoms with E-state index in [-0.39, 0.29) is 17.8 Å². The van der Waals surface area contributed by atoms with Crippen molar-refractivity contribution >= 4 is 5.78 Å². The van der Waals surface area contributed by atoms with Crippen LogP contribution in [-0.4, -0.2) is 17.0 Å². The molecule has 15 heavy (non-hydrogen) atoms. The molecular weight excluding hydrogens is 188 g/mol. The summed E-state index contributed by atoms with van der Waals surface area (Å²) in [5.74, 6) is 0.333. The number of Topliss-reactive ketones (excluding diaryl/α,β-unsaturated/α-hetero) is 1. The first-order chi connectivity index (χ1) is 7.27. The molecule has 0 unspecified atom stereocenters. The van der Waals surface area contributed by atoms with Gasteiger partial charge in [0, 0.05) is 12.0 Å². The Balaban J connectivity index is 1.98. The van der Waals surface area contributed by atoms with E-state index in [2.05, 4.69) is 0 Å². The van der Waals surface area contributed by atoms with Crippen molar-refractivity contribution in [2.24, 2.45) is 5.92 Å². The smallest absolute Gasteiger partial charge is 0.163 e. The van der Waals surface area contributed by atoms with Gasteiger partial charge in [-0.25, -0.2) is 0 Å². The fourth-order valence-electron chi connectivity index (χ4n) is 2.24. The summed E-state index contributed by atoms with van der Waals surface area (Å²) in [5, 5.41) is 9.63. The third-order valence-electron chi connectivity index (χ3n) is 3.16. The van der Waals surface area contributed by atoms with Crippen LogP contribution in [0.2, 0.25) is 0 Å². The van der Waals surface area contributed by atoms with E-state index in [4.69, 9.17) is 0 Å². The van der Waals surface area contributed by atoms with Crippen LogP contribution in [0.25, 0.3) is 0 Å². The average Bonchev–Trinajstić information content (AvgIpc) is 2.66. The third-order valence-corrected chi connectivity index (χ3v) is 3.16. The van der Waals surface area contributed by atoms with Gasteiger partial charge in [-0.1, -0.05) is 36.8 Å². The Morgan fingerprint density at radius 2 is 2.00 bits per heavy atom. The van der Waals surface area contributed by atoms with Gasteiger partial charge in [0.15, 0.2) is 5.78 Å². The Bertz CT molecular complexity index is 332. The van der Waals surface area contributed by atoms with Gasteiger partial charge in [0.25, 0.3) is 0 Å². The molecule has 0 spiro atoms. The topological polar surface area (TPSA) is 37.3 Å². The molecule has 0 aromatic heterocycles. The van der Waals surface area contributed by atoms with Crippen molar-refractivity contribution < 1.29 is 9.90 Å². The average molecular weight is 204 g/mol. The summed E-state index contributed by atoms with van der Waals surface area (Å²) in [7, 11) is 0. The van der Waals surface area contributed by atoms with Crippen LogP contribution >= 0.6 is 0 Å². The van der Waals surface area contributed by atoms with E-state index in [1.54, 1.807) is 0 Å². The summed E-state index contributed by atoms with van der Waals surface area (Å²) in [5.41, 5.74) is 0.761. The van der Waals surface area contributed by atoms with Crippen LogP contribution in [0.3, 0.4) is 0 Å². The highest BCUT2D eigenvalue weighted by atomic mass is 16.3. The summed E-state index contributed by atoms with van der Waals surface area (Å²) in [6, 6.07) is 9.32. The van der Waals surface area contributed by atoms with Crippen LogP contribution in [-0.2, 0) is 0 Å². The molecule has 0 radical (unpaired) electrons. The minimum atomic E-state index is -0.266. The van der Waals surface area contributed by atoms with Gasteiger partial charge >= 0.3 is 0 Å². The van der Waals surface area contributed by atoms with E-state index in [1.165, 1.54) is 0 Å². The summed E-state index contributed by atoms with van der Waals surface area (Å²) in [6.07, 6.45) is 3.11. The molecule has 2 nitrogen and oxygen atoms in total. The van der Waals surface area contributed by atoms with Crippen molar-refractivity contribution in [2.75, 3.05) is 0 Å². The first-order valence-corrected chi connectivity index (χ1v) is 5.53. The summed E-state index contributed by atoms with van der Waals surface area (Å²) >= 11 is 0. The maximum Gasteiger partial charge on any atom is 0.163 e. The van der Waals surface area contributed by atoms with Gasteiger partial charge < -0.3 is 5.11 Å². The molecule has 1 saturated carbocycles. The normalized spacial score (nSPS) is 25.4. The highest BCUT2D eigenvalue weighted by Gasteiger charge is 2.27. The van der Waals surface area contributed by atoms with E-state index in [9.17, 15) is 9.90 Å². The third kappa shape index (κ3) is 2.45. The van der Waals surface area contributed by atoms with Crippen LogP contribution in [0.15, 0.2) is 30.3 Å². The minimum absolute atomic E-state index is 0.154. The predicted octanol–water partition coefficient (Wildman–Crippen LogP) is 2.42. The molecule has 0 heterocycles. The second kappa shape index (κ2) is 4.58. The number of ketones is 1. The lowest BCUT2D eigenvalue weighted by Crippen LogP contribution is -2.17. The van der Waals surface area contributed by atoms with Crippen LogP contribution in [0.5, 0.6) is 0 Å². The lowest BCUT2D eigenvalue weighted by atomic mass is 9.95. The SMILES string of the molecule is O=C(C[C@H]1CCC[C@@H]1O)c1ccccc1. The fraction of sp³-hybridized carbons (Fsp3) is 0.462. The van der Waals surface area contributed by atoms with Crippen LogP contribution < -0.4 is 0 Å². The maximum atomic E-state index is 11.8. The molecule has 1 aliphatic rings. The number of hydrogen-bond donors (Lipinski definition) is 1. The number of carbonyl (C=O) groups excluding carboxylic acids is 1. The lowest BCUT2D eigenvalue weighted by molar-refractivity contribution is 0.0868. The van der Waals surface area contributed by atoms with Gasteiger partial charge in [0.1, 0.15) is 0 Å². The first-order valence-electron chi connectivity index (χ1n) is 5.53. The maximum absolute atomic E-state index is 11.8. The quantitative estimate of drug-likeness (QED) is 0.768. The van der Waals surface area contributed by atoms with E-state index in [1.807, 2.05) is 30.3 Å². The Kier molecular flexibility index (Phi) is 3.17. The second-order valence-electron chi connectivity index (χ2n) is 4.25. The molecule has 1 aromatic carbocycles. The second-order valence-corrected chi connectivity index (χ2v) is 4.25. The molecule has 2 heteroatoms. The molecule has 2 atom stereocenters. The van der Waals surface area contributed by atoms with Crippen molar-refractivity contribution in [3.63, 3.8) is 0 Å². The van der Waals surface area contributed by atoms with Crippen LogP contribution in [0.4, 0.5) is 0 Å². The van der Waals surface area contributed by atoms with Crippen molar-refractivity contribution in [3.8, 4) is 0 Å². The van der Waals surface area contributed by atoms with Gasteiger partial charge in [-0.2, -0.15) is 0 Å². The molecule has 0 saturated heterocycles. The molecule has 0 aliphatic heterocycles. The van der Waals surface area contributed by atoms with E-state index in [0.717, 1.165) is 24.8 Å². The summed E-state index contributed by atoms with van der Waals surface area (Å²) in [4.78, 5) is 11.8. The Hall–Kier alpha value is -1.15. The highest BCUT2D eigenvalue weighted by Crippen LogP contribution is 2.29. The van der Waals surface area contributed by atoms with Crippen LogP contribution in [0.1, 0.15) is 36.0 Å². The molecule has 1 aliphatic carbocycles. The Morgan fingerprint density at radius 1 is 1.27 bits per heavy atom. The minimum Gasteiger partial charge on any atom is -0.393 e. The zero-order valence-electron chi connectivity index (χ0n) is 8.73. The van der Waals surface area contributed by atoms with Crippen molar-refractivity contribution in [1.82, 2.24) is 0 Å².